The third-order valence-corrected chi connectivity index (χ3v) is 5.51. The average Bonchev–Trinajstić information content (AvgIpc) is 2.27. The Bertz CT molecular complexity index is 323. The van der Waals surface area contributed by atoms with Crippen molar-refractivity contribution >= 4 is 9.84 Å². The molecule has 102 valence electrons. The highest BCUT2D eigenvalue weighted by Gasteiger charge is 2.41. The van der Waals surface area contributed by atoms with Gasteiger partial charge in [-0.25, -0.2) is 8.42 Å². The molecule has 0 saturated carbocycles. The van der Waals surface area contributed by atoms with Gasteiger partial charge in [-0.15, -0.1) is 0 Å². The molecule has 1 unspecified atom stereocenters. The van der Waals surface area contributed by atoms with Gasteiger partial charge < -0.3 is 5.73 Å². The van der Waals surface area contributed by atoms with Gasteiger partial charge in [-0.3, -0.25) is 4.90 Å². The first kappa shape index (κ1) is 14.9. The maximum Gasteiger partial charge on any atom is 0.152 e. The van der Waals surface area contributed by atoms with Gasteiger partial charge in [-0.05, 0) is 38.8 Å². The molecule has 0 aromatic heterocycles. The van der Waals surface area contributed by atoms with Crippen LogP contribution < -0.4 is 5.73 Å². The molecule has 0 aromatic rings. The van der Waals surface area contributed by atoms with Gasteiger partial charge in [0.05, 0.1) is 11.5 Å². The van der Waals surface area contributed by atoms with Gasteiger partial charge in [0.2, 0.25) is 0 Å². The van der Waals surface area contributed by atoms with E-state index in [0.717, 1.165) is 38.8 Å². The maximum absolute atomic E-state index is 11.9. The molecule has 5 heteroatoms. The molecule has 0 aromatic carbocycles. The van der Waals surface area contributed by atoms with Crippen LogP contribution >= 0.6 is 0 Å². The fourth-order valence-electron chi connectivity index (χ4n) is 2.84. The van der Waals surface area contributed by atoms with Gasteiger partial charge in [0, 0.05) is 12.1 Å². The summed E-state index contributed by atoms with van der Waals surface area (Å²) in [5, 5.41) is 0. The van der Waals surface area contributed by atoms with Gasteiger partial charge >= 0.3 is 0 Å². The predicted molar refractivity (Wildman–Crippen MR) is 71.8 cm³/mol. The number of nitrogens with two attached hydrogens (primary N) is 1. The van der Waals surface area contributed by atoms with Crippen molar-refractivity contribution in [3.05, 3.63) is 0 Å². The first-order valence-corrected chi connectivity index (χ1v) is 8.47. The molecule has 1 aliphatic rings. The molecule has 1 atom stereocenters. The van der Waals surface area contributed by atoms with Crippen LogP contribution in [0.3, 0.4) is 0 Å². The molecular formula is C12H26N2O2S. The van der Waals surface area contributed by atoms with Crippen molar-refractivity contribution in [3.8, 4) is 0 Å². The van der Waals surface area contributed by atoms with E-state index in [0.29, 0.717) is 12.3 Å². The van der Waals surface area contributed by atoms with Gasteiger partial charge in [0.15, 0.2) is 9.84 Å². The molecule has 1 heterocycles. The van der Waals surface area contributed by atoms with Crippen LogP contribution in [0.15, 0.2) is 0 Å². The largest absolute Gasteiger partial charge is 0.329 e. The van der Waals surface area contributed by atoms with Crippen LogP contribution in [0.4, 0.5) is 0 Å². The summed E-state index contributed by atoms with van der Waals surface area (Å²) >= 11 is 0. The van der Waals surface area contributed by atoms with Crippen LogP contribution in [0.1, 0.15) is 39.5 Å². The lowest BCUT2D eigenvalue weighted by Gasteiger charge is -2.45. The van der Waals surface area contributed by atoms with Crippen LogP contribution in [0, 0.1) is 0 Å². The Kier molecular flexibility index (Phi) is 5.41. The third-order valence-electron chi connectivity index (χ3n) is 3.62. The van der Waals surface area contributed by atoms with E-state index < -0.39 is 9.84 Å². The molecule has 0 bridgehead atoms. The smallest absolute Gasteiger partial charge is 0.152 e. The SMILES string of the molecule is CCCN(CCC)C1(CN)CCCS(=O)(=O)C1. The number of hydrogen-bond donors (Lipinski definition) is 1. The van der Waals surface area contributed by atoms with Crippen molar-refractivity contribution in [2.24, 2.45) is 5.73 Å². The van der Waals surface area contributed by atoms with Crippen molar-refractivity contribution in [1.29, 1.82) is 0 Å². The fraction of sp³-hybridized carbons (Fsp3) is 1.00. The maximum atomic E-state index is 11.9. The summed E-state index contributed by atoms with van der Waals surface area (Å²) in [5.74, 6) is 0.581. The molecule has 0 amide bonds. The Morgan fingerprint density at radius 2 is 1.82 bits per heavy atom. The van der Waals surface area contributed by atoms with Crippen LogP contribution in [0.2, 0.25) is 0 Å². The summed E-state index contributed by atoms with van der Waals surface area (Å²) in [7, 11) is -2.91. The molecule has 2 N–H and O–H groups in total. The summed E-state index contributed by atoms with van der Waals surface area (Å²) in [6, 6.07) is 0. The Balaban J connectivity index is 2.91. The van der Waals surface area contributed by atoms with Crippen molar-refractivity contribution in [2.75, 3.05) is 31.1 Å². The Hall–Kier alpha value is -0.130. The molecule has 0 radical (unpaired) electrons. The van der Waals surface area contributed by atoms with E-state index >= 15 is 0 Å². The molecular weight excluding hydrogens is 236 g/mol. The molecule has 1 rings (SSSR count). The first-order chi connectivity index (χ1) is 7.99. The zero-order valence-electron chi connectivity index (χ0n) is 11.1. The number of nitrogens with zero attached hydrogens (tertiary/aromatic N) is 1. The lowest BCUT2D eigenvalue weighted by molar-refractivity contribution is 0.0994. The van der Waals surface area contributed by atoms with Crippen LogP contribution in [0.5, 0.6) is 0 Å². The highest BCUT2D eigenvalue weighted by Crippen LogP contribution is 2.28. The minimum atomic E-state index is -2.91. The Morgan fingerprint density at radius 1 is 1.24 bits per heavy atom. The molecule has 4 nitrogen and oxygen atoms in total. The Labute approximate surface area is 105 Å². The summed E-state index contributed by atoms with van der Waals surface area (Å²) in [6.45, 7) is 6.60. The summed E-state index contributed by atoms with van der Waals surface area (Å²) in [4.78, 5) is 2.31. The second kappa shape index (κ2) is 6.16. The van der Waals surface area contributed by atoms with Crippen molar-refractivity contribution in [2.45, 2.75) is 45.1 Å². The van der Waals surface area contributed by atoms with E-state index in [4.69, 9.17) is 5.73 Å². The lowest BCUT2D eigenvalue weighted by atomic mass is 9.92. The number of sulfone groups is 1. The second-order valence-electron chi connectivity index (χ2n) is 5.11. The molecule has 17 heavy (non-hydrogen) atoms. The van der Waals surface area contributed by atoms with Crippen LogP contribution in [-0.2, 0) is 9.84 Å². The number of rotatable bonds is 6. The predicted octanol–water partition coefficient (Wildman–Crippen LogP) is 1.01. The van der Waals surface area contributed by atoms with E-state index in [2.05, 4.69) is 18.7 Å². The number of hydrogen-bond acceptors (Lipinski definition) is 4. The fourth-order valence-corrected chi connectivity index (χ4v) is 4.83. The van der Waals surface area contributed by atoms with E-state index in [-0.39, 0.29) is 11.3 Å². The summed E-state index contributed by atoms with van der Waals surface area (Å²) in [6.07, 6.45) is 3.76. The standard InChI is InChI=1S/C12H26N2O2S/c1-3-7-14(8-4-2)12(10-13)6-5-9-17(15,16)11-12/h3-11,13H2,1-2H3. The molecule has 0 aliphatic carbocycles. The highest BCUT2D eigenvalue weighted by atomic mass is 32.2. The molecule has 1 fully saturated rings. The summed E-state index contributed by atoms with van der Waals surface area (Å²) in [5.41, 5.74) is 5.61. The molecule has 1 saturated heterocycles. The van der Waals surface area contributed by atoms with Crippen molar-refractivity contribution < 1.29 is 8.42 Å². The summed E-state index contributed by atoms with van der Waals surface area (Å²) < 4.78 is 23.7. The minimum absolute atomic E-state index is 0.247. The normalized spacial score (nSPS) is 28.5. The second-order valence-corrected chi connectivity index (χ2v) is 7.30. The third kappa shape index (κ3) is 3.66. The minimum Gasteiger partial charge on any atom is -0.329 e. The van der Waals surface area contributed by atoms with E-state index in [1.54, 1.807) is 0 Å². The van der Waals surface area contributed by atoms with E-state index in [9.17, 15) is 8.42 Å². The van der Waals surface area contributed by atoms with Crippen LogP contribution in [0.25, 0.3) is 0 Å². The van der Waals surface area contributed by atoms with Gasteiger partial charge in [0.25, 0.3) is 0 Å². The monoisotopic (exact) mass is 262 g/mol. The zero-order chi connectivity index (χ0) is 12.9. The van der Waals surface area contributed by atoms with E-state index in [1.807, 2.05) is 0 Å². The molecule has 1 aliphatic heterocycles. The topological polar surface area (TPSA) is 63.4 Å². The van der Waals surface area contributed by atoms with Crippen molar-refractivity contribution in [1.82, 2.24) is 4.90 Å². The average molecular weight is 262 g/mol. The highest BCUT2D eigenvalue weighted by molar-refractivity contribution is 7.91. The Morgan fingerprint density at radius 3 is 2.24 bits per heavy atom. The van der Waals surface area contributed by atoms with Gasteiger partial charge in [0.1, 0.15) is 0 Å². The van der Waals surface area contributed by atoms with Crippen LogP contribution in [-0.4, -0.2) is 50.0 Å². The first-order valence-electron chi connectivity index (χ1n) is 6.65. The van der Waals surface area contributed by atoms with Crippen molar-refractivity contribution in [3.63, 3.8) is 0 Å². The van der Waals surface area contributed by atoms with E-state index in [1.165, 1.54) is 0 Å². The zero-order valence-corrected chi connectivity index (χ0v) is 11.9. The van der Waals surface area contributed by atoms with Gasteiger partial charge in [-0.2, -0.15) is 0 Å². The quantitative estimate of drug-likeness (QED) is 0.776. The lowest BCUT2D eigenvalue weighted by Crippen LogP contribution is -2.60. The van der Waals surface area contributed by atoms with Gasteiger partial charge in [-0.1, -0.05) is 13.8 Å². The molecule has 0 spiro atoms.